The van der Waals surface area contributed by atoms with Crippen LogP contribution in [-0.2, 0) is 16.1 Å². The lowest BCUT2D eigenvalue weighted by Gasteiger charge is -2.05. The van der Waals surface area contributed by atoms with Gasteiger partial charge in [0.2, 0.25) is 0 Å². The Labute approximate surface area is 105 Å². The lowest BCUT2D eigenvalue weighted by atomic mass is 10.2. The molecule has 0 aliphatic carbocycles. The van der Waals surface area contributed by atoms with Gasteiger partial charge in [0.25, 0.3) is 0 Å². The molecule has 0 bridgehead atoms. The minimum absolute atomic E-state index is 0.150. The molecule has 0 radical (unpaired) electrons. The molecular weight excluding hydrogens is 236 g/mol. The number of hydrogen-bond donors (Lipinski definition) is 3. The van der Waals surface area contributed by atoms with Crippen LogP contribution in [0.4, 0.5) is 0 Å². The number of aliphatic hydroxyl groups excluding tert-OH is 1. The maximum absolute atomic E-state index is 11.4. The summed E-state index contributed by atoms with van der Waals surface area (Å²) in [5.74, 6) is -0.724. The monoisotopic (exact) mass is 254 g/mol. The fourth-order valence-electron chi connectivity index (χ4n) is 1.36. The van der Waals surface area contributed by atoms with Crippen molar-refractivity contribution in [2.24, 2.45) is 0 Å². The normalized spacial score (nSPS) is 10.1. The molecule has 2 amide bonds. The molecule has 3 N–H and O–H groups in total. The third-order valence-corrected chi connectivity index (χ3v) is 2.33. The maximum atomic E-state index is 11.4. The van der Waals surface area contributed by atoms with E-state index in [1.54, 1.807) is 12.1 Å². The van der Waals surface area contributed by atoms with Gasteiger partial charge in [-0.25, -0.2) is 0 Å². The number of aliphatic hydroxyl groups is 1. The van der Waals surface area contributed by atoms with Crippen LogP contribution in [0.1, 0.15) is 25.0 Å². The van der Waals surface area contributed by atoms with E-state index in [2.05, 4.69) is 10.6 Å². The topological polar surface area (TPSA) is 91.6 Å². The number of carbonyl (C=O) groups is 2. The van der Waals surface area contributed by atoms with E-state index in [9.17, 15) is 9.59 Å². The van der Waals surface area contributed by atoms with Crippen molar-refractivity contribution in [1.29, 1.82) is 0 Å². The first-order valence-electron chi connectivity index (χ1n) is 5.93. The van der Waals surface area contributed by atoms with Gasteiger partial charge in [-0.3, -0.25) is 9.59 Å². The van der Waals surface area contributed by atoms with Crippen LogP contribution in [0.25, 0.3) is 0 Å². The second-order valence-corrected chi connectivity index (χ2v) is 3.80. The van der Waals surface area contributed by atoms with Crippen LogP contribution in [0, 0.1) is 0 Å². The molecule has 1 aromatic heterocycles. The third-order valence-electron chi connectivity index (χ3n) is 2.33. The number of rotatable bonds is 7. The summed E-state index contributed by atoms with van der Waals surface area (Å²) in [7, 11) is 0. The van der Waals surface area contributed by atoms with Crippen LogP contribution in [0.3, 0.4) is 0 Å². The van der Waals surface area contributed by atoms with E-state index >= 15 is 0 Å². The summed E-state index contributed by atoms with van der Waals surface area (Å²) in [6.45, 7) is 0.786. The highest BCUT2D eigenvalue weighted by atomic mass is 16.3. The average Bonchev–Trinajstić information content (AvgIpc) is 2.88. The molecule has 1 aromatic rings. The van der Waals surface area contributed by atoms with Gasteiger partial charge < -0.3 is 20.2 Å². The molecular formula is C12H18N2O4. The first-order valence-corrected chi connectivity index (χ1v) is 5.93. The number of hydrogen-bond acceptors (Lipinski definition) is 4. The predicted molar refractivity (Wildman–Crippen MR) is 64.5 cm³/mol. The van der Waals surface area contributed by atoms with Crippen molar-refractivity contribution in [1.82, 2.24) is 10.6 Å². The van der Waals surface area contributed by atoms with Gasteiger partial charge in [0.1, 0.15) is 5.76 Å². The van der Waals surface area contributed by atoms with Crippen molar-refractivity contribution in [3.8, 4) is 0 Å². The largest absolute Gasteiger partial charge is 0.467 e. The van der Waals surface area contributed by atoms with E-state index in [0.29, 0.717) is 18.7 Å². The Hall–Kier alpha value is -1.82. The first-order chi connectivity index (χ1) is 8.74. The Morgan fingerprint density at radius 2 is 1.94 bits per heavy atom. The van der Waals surface area contributed by atoms with Crippen LogP contribution in [0.2, 0.25) is 0 Å². The fourth-order valence-corrected chi connectivity index (χ4v) is 1.36. The van der Waals surface area contributed by atoms with Gasteiger partial charge in [-0.2, -0.15) is 0 Å². The summed E-state index contributed by atoms with van der Waals surface area (Å²) in [5.41, 5.74) is 0. The van der Waals surface area contributed by atoms with Crippen molar-refractivity contribution < 1.29 is 19.1 Å². The number of furan rings is 1. The highest BCUT2D eigenvalue weighted by Crippen LogP contribution is 1.98. The van der Waals surface area contributed by atoms with E-state index < -0.39 is 11.8 Å². The lowest BCUT2D eigenvalue weighted by Crippen LogP contribution is -2.39. The smallest absolute Gasteiger partial charge is 0.309 e. The van der Waals surface area contributed by atoms with Crippen LogP contribution < -0.4 is 10.6 Å². The molecule has 1 rings (SSSR count). The van der Waals surface area contributed by atoms with Crippen molar-refractivity contribution in [2.75, 3.05) is 13.2 Å². The molecule has 0 saturated carbocycles. The van der Waals surface area contributed by atoms with Crippen molar-refractivity contribution in [3.05, 3.63) is 24.2 Å². The Morgan fingerprint density at radius 3 is 2.61 bits per heavy atom. The molecule has 6 heteroatoms. The molecule has 18 heavy (non-hydrogen) atoms. The molecule has 0 aromatic carbocycles. The first kappa shape index (κ1) is 14.2. The third kappa shape index (κ3) is 5.49. The van der Waals surface area contributed by atoms with Crippen molar-refractivity contribution >= 4 is 11.8 Å². The van der Waals surface area contributed by atoms with Crippen LogP contribution in [0.15, 0.2) is 22.8 Å². The van der Waals surface area contributed by atoms with E-state index in [1.165, 1.54) is 6.26 Å². The summed E-state index contributed by atoms with van der Waals surface area (Å²) in [6, 6.07) is 3.43. The minimum atomic E-state index is -0.673. The predicted octanol–water partition coefficient (Wildman–Crippen LogP) is 0.175. The second kappa shape index (κ2) is 8.30. The van der Waals surface area contributed by atoms with Gasteiger partial charge in [-0.05, 0) is 31.4 Å². The number of carbonyl (C=O) groups excluding carboxylic acids is 2. The summed E-state index contributed by atoms with van der Waals surface area (Å²) in [6.07, 6.45) is 3.78. The molecule has 100 valence electrons. The maximum Gasteiger partial charge on any atom is 0.309 e. The number of unbranched alkanes of at least 4 members (excludes halogenated alkanes) is 2. The molecule has 0 fully saturated rings. The van der Waals surface area contributed by atoms with Crippen molar-refractivity contribution in [3.63, 3.8) is 0 Å². The SMILES string of the molecule is O=C(NCCCCCO)C(=O)NCc1ccco1. The average molecular weight is 254 g/mol. The summed E-state index contributed by atoms with van der Waals surface area (Å²) < 4.78 is 5.02. The van der Waals surface area contributed by atoms with Crippen LogP contribution >= 0.6 is 0 Å². The van der Waals surface area contributed by atoms with E-state index in [1.807, 2.05) is 0 Å². The Morgan fingerprint density at radius 1 is 1.17 bits per heavy atom. The molecule has 0 spiro atoms. The molecule has 0 saturated heterocycles. The van der Waals surface area contributed by atoms with E-state index in [0.717, 1.165) is 12.8 Å². The van der Waals surface area contributed by atoms with Gasteiger partial charge in [0.15, 0.2) is 0 Å². The number of nitrogens with one attached hydrogen (secondary N) is 2. The zero-order valence-electron chi connectivity index (χ0n) is 10.1. The number of amides is 2. The highest BCUT2D eigenvalue weighted by molar-refractivity contribution is 6.35. The zero-order chi connectivity index (χ0) is 13.2. The van der Waals surface area contributed by atoms with Gasteiger partial charge in [-0.1, -0.05) is 0 Å². The quantitative estimate of drug-likeness (QED) is 0.478. The van der Waals surface area contributed by atoms with Crippen LogP contribution in [0.5, 0.6) is 0 Å². The highest BCUT2D eigenvalue weighted by Gasteiger charge is 2.12. The molecule has 0 aliphatic rings. The van der Waals surface area contributed by atoms with Gasteiger partial charge in [0, 0.05) is 13.2 Å². The van der Waals surface area contributed by atoms with Crippen molar-refractivity contribution in [2.45, 2.75) is 25.8 Å². The lowest BCUT2D eigenvalue weighted by molar-refractivity contribution is -0.139. The van der Waals surface area contributed by atoms with Gasteiger partial charge >= 0.3 is 11.8 Å². The molecule has 0 aliphatic heterocycles. The van der Waals surface area contributed by atoms with E-state index in [4.69, 9.17) is 9.52 Å². The summed E-state index contributed by atoms with van der Waals surface area (Å²) in [5, 5.41) is 13.5. The molecule has 6 nitrogen and oxygen atoms in total. The Balaban J connectivity index is 2.11. The molecule has 0 atom stereocenters. The Bertz CT molecular complexity index is 362. The van der Waals surface area contributed by atoms with Crippen LogP contribution in [-0.4, -0.2) is 30.1 Å². The Kier molecular flexibility index (Phi) is 6.56. The second-order valence-electron chi connectivity index (χ2n) is 3.80. The summed E-state index contributed by atoms with van der Waals surface area (Å²) >= 11 is 0. The summed E-state index contributed by atoms with van der Waals surface area (Å²) in [4.78, 5) is 22.7. The minimum Gasteiger partial charge on any atom is -0.467 e. The van der Waals surface area contributed by atoms with Gasteiger partial charge in [0.05, 0.1) is 12.8 Å². The standard InChI is InChI=1S/C12H18N2O4/c15-7-3-1-2-6-13-11(16)12(17)14-9-10-5-4-8-18-10/h4-5,8,15H,1-3,6-7,9H2,(H,13,16)(H,14,17). The zero-order valence-corrected chi connectivity index (χ0v) is 10.1. The molecule has 1 heterocycles. The van der Waals surface area contributed by atoms with E-state index in [-0.39, 0.29) is 13.2 Å². The van der Waals surface area contributed by atoms with Gasteiger partial charge in [-0.15, -0.1) is 0 Å². The molecule has 0 unspecified atom stereocenters. The fraction of sp³-hybridized carbons (Fsp3) is 0.500.